The van der Waals surface area contributed by atoms with Gasteiger partial charge in [0.1, 0.15) is 42.5 Å². The largest absolute Gasteiger partial charge is 0.447 e. The predicted molar refractivity (Wildman–Crippen MR) is 467 cm³/mol. The van der Waals surface area contributed by atoms with Crippen LogP contribution in [0.25, 0.3) is 22.3 Å². The molecule has 7 aromatic heterocycles. The lowest BCUT2D eigenvalue weighted by molar-refractivity contribution is -0.135. The number of anilines is 4. The lowest BCUT2D eigenvalue weighted by Crippen LogP contribution is -2.52. The molecule has 6 fully saturated rings. The first-order chi connectivity index (χ1) is 61.7. The van der Waals surface area contributed by atoms with Crippen LogP contribution in [-0.2, 0) is 83.3 Å². The van der Waals surface area contributed by atoms with Crippen LogP contribution in [0, 0.1) is 6.92 Å². The molecular weight excluding hydrogens is 1820 g/mol. The van der Waals surface area contributed by atoms with E-state index in [0.717, 1.165) is 9.13 Å². The minimum Gasteiger partial charge on any atom is -0.447 e. The van der Waals surface area contributed by atoms with Gasteiger partial charge in [0.15, 0.2) is 41.3 Å². The second-order valence-corrected chi connectivity index (χ2v) is 45.4. The van der Waals surface area contributed by atoms with Gasteiger partial charge in [-0.3, -0.25) is 70.1 Å². The number of nitrogens with one attached hydrogen (secondary N) is 2. The first-order valence-corrected chi connectivity index (χ1v) is 49.1. The number of H-pyrrole nitrogens is 2. The zero-order valence-corrected chi connectivity index (χ0v) is 78.6. The zero-order valence-electron chi connectivity index (χ0n) is 74.1. The SMILES string of the molecule is Cc1cn([C@H]2CN(P(=O)(OC[C@@H]3CN(P(=O)(OC[C@@H]4CN(C)C[C@H](n5ccc(N)nc5=O)O4)N(C)C)C[C@H](n4ccc(N)nc4=O)O3)N(C)C)C[C@@H](COP(=O)(N(C)C)N3C[C@@H](COP(=O)(N(C)C)N4C[C@@H](COP(=O)(N(C)C)N5CCN(C(=O)OCCOCCOCCO)CC5)O[C@@H](n5cnc6c(=O)[nH]c(N)nc65)C4)O[C@@H](n4cnc5c(N)ncnc54)C3)O2)c(=O)[nH]c1=O. The molecule has 55 nitrogen and oxygen atoms in total. The topological polar surface area (TPSA) is 617 Å². The Kier molecular flexibility index (Phi) is 32.4. The van der Waals surface area contributed by atoms with Crippen molar-refractivity contribution in [1.29, 1.82) is 0 Å². The summed E-state index contributed by atoms with van der Waals surface area (Å²) in [5.41, 5.74) is 20.9. The number of hydrogen-bond donors (Lipinski definition) is 7. The van der Waals surface area contributed by atoms with E-state index in [0.29, 0.717) is 6.54 Å². The Morgan fingerprint density at radius 1 is 0.462 bits per heavy atom. The fourth-order valence-electron chi connectivity index (χ4n) is 15.5. The second kappa shape index (κ2) is 42.3. The number of aromatic nitrogens is 14. The third-order valence-electron chi connectivity index (χ3n) is 22.1. The number of likely N-dealkylation sites (N-methyl/N-ethyl adjacent to an activating group) is 1. The molecule has 6 aliphatic rings. The maximum absolute atomic E-state index is 16.6. The molecule has 0 aliphatic carbocycles. The van der Waals surface area contributed by atoms with Crippen LogP contribution in [0.4, 0.5) is 28.2 Å². The number of morpholine rings is 5. The number of nitrogens with zero attached hydrogens (tertiary/aromatic N) is 24. The van der Waals surface area contributed by atoms with Gasteiger partial charge >= 0.3 is 61.5 Å². The van der Waals surface area contributed by atoms with Crippen LogP contribution in [0.3, 0.4) is 0 Å². The molecule has 5 unspecified atom stereocenters. The summed E-state index contributed by atoms with van der Waals surface area (Å²) in [5, 5.41) is 8.94. The lowest BCUT2D eigenvalue weighted by atomic mass is 10.3. The first kappa shape index (κ1) is 99.5. The molecule has 6 aliphatic heterocycles. The molecule has 11 N–H and O–H groups in total. The Morgan fingerprint density at radius 2 is 0.854 bits per heavy atom. The number of aromatic amines is 2. The number of nitrogen functional groups attached to an aromatic ring is 4. The summed E-state index contributed by atoms with van der Waals surface area (Å²) < 4.78 is 184. The highest BCUT2D eigenvalue weighted by Crippen LogP contribution is 2.61. The number of rotatable bonds is 38. The quantitative estimate of drug-likeness (QED) is 0.0171. The molecule has 720 valence electrons. The van der Waals surface area contributed by atoms with Crippen LogP contribution in [-0.4, -0.2) is 408 Å². The molecule has 13 heterocycles. The summed E-state index contributed by atoms with van der Waals surface area (Å²) in [6.07, 6.45) is -3.87. The monoisotopic (exact) mass is 1930 g/mol. The van der Waals surface area contributed by atoms with Gasteiger partial charge in [-0.15, -0.1) is 0 Å². The summed E-state index contributed by atoms with van der Waals surface area (Å²) in [6.45, 7) is -1.35. The third-order valence-corrected chi connectivity index (χ3v) is 34.9. The maximum Gasteiger partial charge on any atom is 0.409 e. The highest BCUT2D eigenvalue weighted by atomic mass is 31.2. The fraction of sp³-hybridized carbons (Fsp3) is 0.671. The number of aryl methyl sites for hydroxylation is 1. The average Bonchev–Trinajstić information content (AvgIpc) is 1.73. The van der Waals surface area contributed by atoms with Gasteiger partial charge in [-0.25, -0.2) is 85.8 Å². The molecule has 15 atom stereocenters. The second-order valence-electron chi connectivity index (χ2n) is 32.4. The number of fused-ring (bicyclic) bond motifs is 2. The number of aliphatic hydroxyl groups is 1. The van der Waals surface area contributed by atoms with E-state index in [9.17, 15) is 28.8 Å². The molecular formula is C70H115N30O25P5. The standard InChI is InChI=1S/C70H115N30O25P5/c1-46-27-98(69(106)83-64(46)102)56-35-93(128(110,86(6)7)118-40-48-29-92(34-55(122-48)97-16-14-53(72)80-68(97)105)127(109,85(4)5)117-38-47-28-89(12)33-54(121-47)96-15-13-52(71)79-67(96)104)30-49(123-56)41-119-129(111,87(8)9)94-32-51(124-57(36-94)99-44-77-59-61(73)75-43-76-62(59)99)42-120-130(112,88(10)11)95-31-50(125-58(37-95)100-45-78-60-63(100)81-66(74)82-65(60)103)39-116-126(108,84(2)3)91-19-17-90(18-20-91)70(107)115-26-25-114-24-23-113-22-21-101/h13-16,27,43-45,47-51,54-58,101H,17-26,28-42H2,1-12H3,(H2,71,79,104)(H2,72,80,105)(H2,73,75,76)(H,83,102,106)(H3,74,81,82,103)/t47-,48-,49-,50-,51-,54+,55+,56+,57+,58+,126?,127?,128?,129?,130?/m0/s1. The Bertz CT molecular complexity index is 5680. The van der Waals surface area contributed by atoms with Gasteiger partial charge in [0.25, 0.3) is 11.1 Å². The van der Waals surface area contributed by atoms with Gasteiger partial charge in [0.2, 0.25) is 5.95 Å². The van der Waals surface area contributed by atoms with Crippen molar-refractivity contribution < 1.29 is 93.2 Å². The maximum atomic E-state index is 16.6. The highest BCUT2D eigenvalue weighted by molar-refractivity contribution is 7.55. The number of hydrogen-bond acceptors (Lipinski definition) is 37. The first-order valence-electron chi connectivity index (χ1n) is 41.4. The van der Waals surface area contributed by atoms with Crippen molar-refractivity contribution in [2.45, 2.75) is 68.6 Å². The Hall–Kier alpha value is -8.00. The summed E-state index contributed by atoms with van der Waals surface area (Å²) in [6, 6.07) is 2.84. The van der Waals surface area contributed by atoms with E-state index < -0.39 is 161 Å². The molecule has 60 heteroatoms. The van der Waals surface area contributed by atoms with E-state index in [1.165, 1.54) is 169 Å². The Labute approximate surface area is 745 Å². The van der Waals surface area contributed by atoms with Crippen LogP contribution in [0.15, 0.2) is 73.7 Å². The Morgan fingerprint density at radius 3 is 1.29 bits per heavy atom. The molecule has 1 amide bonds. The van der Waals surface area contributed by atoms with Crippen molar-refractivity contribution in [1.82, 2.24) is 124 Å². The molecule has 6 saturated heterocycles. The van der Waals surface area contributed by atoms with Crippen LogP contribution in [0.1, 0.15) is 36.7 Å². The highest BCUT2D eigenvalue weighted by Gasteiger charge is 2.52. The molecule has 13 rings (SSSR count). The minimum absolute atomic E-state index is 0.00664. The normalized spacial score (nSPS) is 25.4. The summed E-state index contributed by atoms with van der Waals surface area (Å²) in [7, 11) is -4.45. The van der Waals surface area contributed by atoms with Crippen molar-refractivity contribution in [2.24, 2.45) is 0 Å². The number of amides is 1. The van der Waals surface area contributed by atoms with Gasteiger partial charge in [-0.1, -0.05) is 0 Å². The molecule has 0 spiro atoms. The van der Waals surface area contributed by atoms with Gasteiger partial charge in [-0.05, 0) is 96.6 Å². The van der Waals surface area contributed by atoms with Gasteiger partial charge < -0.3 is 93.5 Å². The van der Waals surface area contributed by atoms with Crippen molar-refractivity contribution in [2.75, 3.05) is 265 Å². The summed E-state index contributed by atoms with van der Waals surface area (Å²) >= 11 is 0. The lowest BCUT2D eigenvalue weighted by Gasteiger charge is -2.46. The molecule has 0 aromatic carbocycles. The molecule has 0 saturated carbocycles. The van der Waals surface area contributed by atoms with Gasteiger partial charge in [-0.2, -0.15) is 15.0 Å². The van der Waals surface area contributed by atoms with Crippen LogP contribution < -0.4 is 51.1 Å². The van der Waals surface area contributed by atoms with E-state index in [1.54, 1.807) is 23.3 Å². The Balaban J connectivity index is 0.753. The predicted octanol–water partition coefficient (Wildman–Crippen LogP) is -1.50. The molecule has 130 heavy (non-hydrogen) atoms. The fourth-order valence-corrected chi connectivity index (χ4v) is 25.4. The number of aliphatic hydroxyl groups excluding tert-OH is 1. The summed E-state index contributed by atoms with van der Waals surface area (Å²) in [4.78, 5) is 118. The number of piperazine rings is 1. The van der Waals surface area contributed by atoms with Crippen molar-refractivity contribution >= 4 is 90.2 Å². The number of carbonyl (C=O) groups excluding carboxylic acids is 1. The zero-order chi connectivity index (χ0) is 93.6. The van der Waals surface area contributed by atoms with E-state index >= 15 is 22.8 Å². The van der Waals surface area contributed by atoms with Crippen LogP contribution in [0.5, 0.6) is 0 Å². The number of imidazole rings is 2. The van der Waals surface area contributed by atoms with Crippen LogP contribution >= 0.6 is 38.4 Å². The number of carbonyl (C=O) groups is 1. The van der Waals surface area contributed by atoms with E-state index in [4.69, 9.17) is 88.6 Å². The van der Waals surface area contributed by atoms with Crippen molar-refractivity contribution in [3.05, 3.63) is 107 Å². The molecule has 0 radical (unpaired) electrons. The van der Waals surface area contributed by atoms with Crippen LogP contribution in [0.2, 0.25) is 0 Å². The van der Waals surface area contributed by atoms with Crippen molar-refractivity contribution in [3.63, 3.8) is 0 Å². The number of nitrogens with two attached hydrogens (primary N) is 4. The van der Waals surface area contributed by atoms with E-state index in [2.05, 4.69) is 44.9 Å². The van der Waals surface area contributed by atoms with Gasteiger partial charge in [0.05, 0.1) is 135 Å². The van der Waals surface area contributed by atoms with Crippen molar-refractivity contribution in [3.8, 4) is 0 Å². The smallest absolute Gasteiger partial charge is 0.409 e. The van der Waals surface area contributed by atoms with Gasteiger partial charge in [0, 0.05) is 89.6 Å². The molecule has 0 bridgehead atoms. The van der Waals surface area contributed by atoms with E-state index in [-0.39, 0.29) is 183 Å². The number of ether oxygens (including phenoxy) is 8. The third kappa shape index (κ3) is 22.3. The minimum atomic E-state index is -4.48. The average molecular weight is 1930 g/mol. The summed E-state index contributed by atoms with van der Waals surface area (Å²) in [5.74, 6) is -0.279. The molecule has 7 aromatic rings. The van der Waals surface area contributed by atoms with E-state index in [1.807, 2.05) is 11.9 Å².